The summed E-state index contributed by atoms with van der Waals surface area (Å²) in [4.78, 5) is 14.0. The van der Waals surface area contributed by atoms with Crippen molar-refractivity contribution in [3.05, 3.63) is 48.3 Å². The average molecular weight is 256 g/mol. The van der Waals surface area contributed by atoms with Gasteiger partial charge in [-0.1, -0.05) is 6.07 Å². The van der Waals surface area contributed by atoms with Crippen LogP contribution in [-0.2, 0) is 13.0 Å². The zero-order chi connectivity index (χ0) is 12.9. The zero-order valence-corrected chi connectivity index (χ0v) is 11.1. The molecular weight excluding hydrogens is 236 g/mol. The molecule has 1 aliphatic heterocycles. The maximum absolute atomic E-state index is 4.20. The maximum Gasteiger partial charge on any atom is 0.0922 e. The predicted octanol–water partition coefficient (Wildman–Crippen LogP) is 2.26. The lowest BCUT2D eigenvalue weighted by Crippen LogP contribution is -2.35. The molecule has 0 aromatic carbocycles. The fraction of sp³-hybridized carbons (Fsp3) is 0.467. The second-order valence-corrected chi connectivity index (χ2v) is 5.39. The number of likely N-dealkylation sites (tertiary alicyclic amines) is 1. The summed E-state index contributed by atoms with van der Waals surface area (Å²) < 4.78 is 0. The van der Waals surface area contributed by atoms with Crippen LogP contribution in [0.1, 0.15) is 24.1 Å². The van der Waals surface area contributed by atoms with Gasteiger partial charge in [0.2, 0.25) is 0 Å². The van der Waals surface area contributed by atoms with Crippen LogP contribution in [0.25, 0.3) is 0 Å². The van der Waals surface area contributed by atoms with Crippen LogP contribution in [0.5, 0.6) is 0 Å². The lowest BCUT2D eigenvalue weighted by atomic mass is 9.92. The molecule has 19 heavy (non-hydrogen) atoms. The van der Waals surface area contributed by atoms with Gasteiger partial charge in [0.05, 0.1) is 6.33 Å². The van der Waals surface area contributed by atoms with E-state index >= 15 is 0 Å². The number of aromatic nitrogens is 3. The van der Waals surface area contributed by atoms with Crippen molar-refractivity contribution in [3.63, 3.8) is 0 Å². The predicted molar refractivity (Wildman–Crippen MR) is 74.5 cm³/mol. The minimum absolute atomic E-state index is 0.751. The minimum atomic E-state index is 0.751. The standard InChI is InChI=1S/C15H20N4/c1-3-13(8-16-5-1)7-14-4-2-6-19(10-14)11-15-9-17-12-18-15/h1,3,5,8-9,12,14H,2,4,6-7,10-11H2,(H,17,18)/t14-/m0/s1. The third-order valence-corrected chi connectivity index (χ3v) is 3.80. The number of imidazole rings is 1. The van der Waals surface area contributed by atoms with Crippen molar-refractivity contribution in [1.82, 2.24) is 19.9 Å². The summed E-state index contributed by atoms with van der Waals surface area (Å²) in [6, 6.07) is 4.21. The summed E-state index contributed by atoms with van der Waals surface area (Å²) in [5.74, 6) is 0.751. The summed E-state index contributed by atoms with van der Waals surface area (Å²) in [7, 11) is 0. The Balaban J connectivity index is 1.56. The molecule has 0 saturated carbocycles. The Morgan fingerprint density at radius 2 is 2.32 bits per heavy atom. The number of nitrogens with zero attached hydrogens (tertiary/aromatic N) is 3. The molecule has 0 aliphatic carbocycles. The topological polar surface area (TPSA) is 44.8 Å². The van der Waals surface area contributed by atoms with Crippen LogP contribution in [0.2, 0.25) is 0 Å². The van der Waals surface area contributed by atoms with Gasteiger partial charge in [0, 0.05) is 37.4 Å². The van der Waals surface area contributed by atoms with Gasteiger partial charge in [-0.05, 0) is 43.4 Å². The lowest BCUT2D eigenvalue weighted by molar-refractivity contribution is 0.165. The van der Waals surface area contributed by atoms with Crippen molar-refractivity contribution in [1.29, 1.82) is 0 Å². The van der Waals surface area contributed by atoms with Gasteiger partial charge in [0.15, 0.2) is 0 Å². The number of rotatable bonds is 4. The first-order valence-electron chi connectivity index (χ1n) is 6.98. The van der Waals surface area contributed by atoms with E-state index in [0.29, 0.717) is 0 Å². The van der Waals surface area contributed by atoms with Gasteiger partial charge in [-0.25, -0.2) is 4.98 Å². The second-order valence-electron chi connectivity index (χ2n) is 5.39. The van der Waals surface area contributed by atoms with E-state index in [1.54, 1.807) is 6.33 Å². The molecule has 0 unspecified atom stereocenters. The van der Waals surface area contributed by atoms with E-state index in [1.165, 1.54) is 37.2 Å². The number of H-pyrrole nitrogens is 1. The number of nitrogens with one attached hydrogen (secondary N) is 1. The molecule has 2 aromatic rings. The van der Waals surface area contributed by atoms with Gasteiger partial charge >= 0.3 is 0 Å². The van der Waals surface area contributed by atoms with Gasteiger partial charge in [-0.15, -0.1) is 0 Å². The van der Waals surface area contributed by atoms with Crippen LogP contribution in [0.3, 0.4) is 0 Å². The van der Waals surface area contributed by atoms with Crippen LogP contribution >= 0.6 is 0 Å². The van der Waals surface area contributed by atoms with E-state index in [9.17, 15) is 0 Å². The number of aromatic amines is 1. The van der Waals surface area contributed by atoms with Gasteiger partial charge in [-0.3, -0.25) is 9.88 Å². The fourth-order valence-electron chi connectivity index (χ4n) is 2.93. The van der Waals surface area contributed by atoms with E-state index in [2.05, 4.69) is 25.9 Å². The summed E-state index contributed by atoms with van der Waals surface area (Å²) in [6.07, 6.45) is 11.3. The SMILES string of the molecule is c1cncc(C[C@@H]2CCCN(Cc3cnc[nH]3)C2)c1. The molecule has 1 aliphatic rings. The van der Waals surface area contributed by atoms with Gasteiger partial charge in [0.25, 0.3) is 0 Å². The first kappa shape index (κ1) is 12.4. The average Bonchev–Trinajstić information content (AvgIpc) is 2.93. The van der Waals surface area contributed by atoms with Crippen molar-refractivity contribution < 1.29 is 0 Å². The highest BCUT2D eigenvalue weighted by Gasteiger charge is 2.20. The highest BCUT2D eigenvalue weighted by Crippen LogP contribution is 2.21. The van der Waals surface area contributed by atoms with Crippen molar-refractivity contribution in [2.45, 2.75) is 25.8 Å². The quantitative estimate of drug-likeness (QED) is 0.912. The Bertz CT molecular complexity index is 480. The monoisotopic (exact) mass is 256 g/mol. The molecule has 4 nitrogen and oxygen atoms in total. The van der Waals surface area contributed by atoms with Gasteiger partial charge in [0.1, 0.15) is 0 Å². The van der Waals surface area contributed by atoms with Crippen molar-refractivity contribution in [3.8, 4) is 0 Å². The molecule has 3 rings (SSSR count). The smallest absolute Gasteiger partial charge is 0.0922 e. The second kappa shape index (κ2) is 5.97. The van der Waals surface area contributed by atoms with Crippen LogP contribution < -0.4 is 0 Å². The highest BCUT2D eigenvalue weighted by molar-refractivity contribution is 5.09. The largest absolute Gasteiger partial charge is 0.347 e. The Kier molecular flexibility index (Phi) is 3.89. The van der Waals surface area contributed by atoms with Crippen LogP contribution in [0.4, 0.5) is 0 Å². The third-order valence-electron chi connectivity index (χ3n) is 3.80. The zero-order valence-electron chi connectivity index (χ0n) is 11.1. The molecule has 0 amide bonds. The molecule has 0 spiro atoms. The Morgan fingerprint density at radius 1 is 1.32 bits per heavy atom. The van der Waals surface area contributed by atoms with E-state index in [-0.39, 0.29) is 0 Å². The normalized spacial score (nSPS) is 20.5. The third kappa shape index (κ3) is 3.41. The van der Waals surface area contributed by atoms with Crippen LogP contribution in [0.15, 0.2) is 37.1 Å². The Hall–Kier alpha value is -1.68. The minimum Gasteiger partial charge on any atom is -0.347 e. The van der Waals surface area contributed by atoms with Crippen molar-refractivity contribution in [2.75, 3.05) is 13.1 Å². The molecular formula is C15H20N4. The first-order valence-corrected chi connectivity index (χ1v) is 6.98. The molecule has 1 saturated heterocycles. The molecule has 0 bridgehead atoms. The lowest BCUT2D eigenvalue weighted by Gasteiger charge is -2.32. The molecule has 3 heterocycles. The molecule has 1 atom stereocenters. The number of pyridine rings is 1. The Morgan fingerprint density at radius 3 is 3.11 bits per heavy atom. The van der Waals surface area contributed by atoms with Crippen LogP contribution in [0, 0.1) is 5.92 Å². The van der Waals surface area contributed by atoms with E-state index < -0.39 is 0 Å². The number of hydrogen-bond donors (Lipinski definition) is 1. The first-order chi connectivity index (χ1) is 9.40. The number of hydrogen-bond acceptors (Lipinski definition) is 3. The molecule has 1 fully saturated rings. The molecule has 4 heteroatoms. The highest BCUT2D eigenvalue weighted by atomic mass is 15.1. The van der Waals surface area contributed by atoms with Gasteiger partial charge in [-0.2, -0.15) is 0 Å². The summed E-state index contributed by atoms with van der Waals surface area (Å²) in [5, 5.41) is 0. The molecule has 0 radical (unpaired) electrons. The fourth-order valence-corrected chi connectivity index (χ4v) is 2.93. The molecule has 100 valence electrons. The summed E-state index contributed by atoms with van der Waals surface area (Å²) in [5.41, 5.74) is 2.57. The summed E-state index contributed by atoms with van der Waals surface area (Å²) in [6.45, 7) is 3.36. The van der Waals surface area contributed by atoms with Crippen molar-refractivity contribution >= 4 is 0 Å². The van der Waals surface area contributed by atoms with E-state index in [0.717, 1.165) is 18.9 Å². The van der Waals surface area contributed by atoms with Crippen molar-refractivity contribution in [2.24, 2.45) is 5.92 Å². The Labute approximate surface area is 113 Å². The molecule has 1 N–H and O–H groups in total. The molecule has 2 aromatic heterocycles. The summed E-state index contributed by atoms with van der Waals surface area (Å²) >= 11 is 0. The van der Waals surface area contributed by atoms with Gasteiger partial charge < -0.3 is 4.98 Å². The van der Waals surface area contributed by atoms with E-state index in [1.807, 2.05) is 24.7 Å². The van der Waals surface area contributed by atoms with E-state index in [4.69, 9.17) is 0 Å². The number of piperidine rings is 1. The van der Waals surface area contributed by atoms with Crippen LogP contribution in [-0.4, -0.2) is 32.9 Å². The maximum atomic E-state index is 4.20.